The maximum atomic E-state index is 11.7. The second-order valence-electron chi connectivity index (χ2n) is 3.18. The molecule has 0 aromatic carbocycles. The van der Waals surface area contributed by atoms with Crippen molar-refractivity contribution in [3.05, 3.63) is 35.9 Å². The topological polar surface area (TPSA) is 94.0 Å². The monoisotopic (exact) mass is 218 g/mol. The highest BCUT2D eigenvalue weighted by atomic mass is 16.4. The number of aryl methyl sites for hydroxylation is 1. The molecule has 6 nitrogen and oxygen atoms in total. The molecule has 0 aliphatic carbocycles. The predicted molar refractivity (Wildman–Crippen MR) is 57.8 cm³/mol. The highest BCUT2D eigenvalue weighted by Gasteiger charge is 2.12. The lowest BCUT2D eigenvalue weighted by Gasteiger charge is -2.02. The highest BCUT2D eigenvalue weighted by molar-refractivity contribution is 6.06. The number of nitrogens with two attached hydrogens (primary N) is 1. The summed E-state index contributed by atoms with van der Waals surface area (Å²) >= 11 is 0. The molecular formula is C10H10N4O2. The van der Waals surface area contributed by atoms with E-state index in [-0.39, 0.29) is 11.8 Å². The Balaban J connectivity index is 2.18. The fourth-order valence-electron chi connectivity index (χ4n) is 1.19. The van der Waals surface area contributed by atoms with Crippen LogP contribution in [0, 0.1) is 6.92 Å². The maximum absolute atomic E-state index is 11.7. The van der Waals surface area contributed by atoms with E-state index in [1.165, 1.54) is 12.5 Å². The lowest BCUT2D eigenvalue weighted by atomic mass is 10.2. The van der Waals surface area contributed by atoms with Crippen molar-refractivity contribution in [2.24, 2.45) is 0 Å². The van der Waals surface area contributed by atoms with Crippen molar-refractivity contribution >= 4 is 17.7 Å². The molecule has 0 bridgehead atoms. The summed E-state index contributed by atoms with van der Waals surface area (Å²) in [5, 5.41) is 2.48. The van der Waals surface area contributed by atoms with Gasteiger partial charge in [0.2, 0.25) is 0 Å². The number of carbonyl (C=O) groups is 1. The lowest BCUT2D eigenvalue weighted by molar-refractivity contribution is 0.102. The molecule has 0 spiro atoms. The summed E-state index contributed by atoms with van der Waals surface area (Å²) in [7, 11) is 0. The molecule has 0 atom stereocenters. The number of aromatic nitrogens is 2. The van der Waals surface area contributed by atoms with Crippen LogP contribution < -0.4 is 11.1 Å². The Kier molecular flexibility index (Phi) is 2.55. The molecule has 0 aliphatic heterocycles. The summed E-state index contributed by atoms with van der Waals surface area (Å²) in [6.45, 7) is 1.76. The van der Waals surface area contributed by atoms with Crippen LogP contribution >= 0.6 is 0 Å². The molecule has 0 fully saturated rings. The van der Waals surface area contributed by atoms with Gasteiger partial charge in [-0.15, -0.1) is 0 Å². The van der Waals surface area contributed by atoms with Gasteiger partial charge in [0.15, 0.2) is 0 Å². The van der Waals surface area contributed by atoms with Crippen LogP contribution in [0.1, 0.15) is 16.1 Å². The Morgan fingerprint density at radius 3 is 3.00 bits per heavy atom. The number of anilines is 2. The molecule has 0 aliphatic rings. The van der Waals surface area contributed by atoms with E-state index >= 15 is 0 Å². The van der Waals surface area contributed by atoms with Gasteiger partial charge >= 0.3 is 6.01 Å². The summed E-state index contributed by atoms with van der Waals surface area (Å²) < 4.78 is 4.99. The van der Waals surface area contributed by atoms with Gasteiger partial charge in [0.1, 0.15) is 12.1 Å². The van der Waals surface area contributed by atoms with Gasteiger partial charge in [-0.25, -0.2) is 4.98 Å². The molecule has 2 aromatic rings. The minimum Gasteiger partial charge on any atom is -0.432 e. The van der Waals surface area contributed by atoms with Crippen LogP contribution in [0.5, 0.6) is 0 Å². The first-order valence-electron chi connectivity index (χ1n) is 4.61. The first-order valence-corrected chi connectivity index (χ1v) is 4.61. The summed E-state index contributed by atoms with van der Waals surface area (Å²) in [6.07, 6.45) is 2.96. The molecule has 16 heavy (non-hydrogen) atoms. The molecule has 0 radical (unpaired) electrons. The fraction of sp³-hybridized carbons (Fsp3) is 0.100. The van der Waals surface area contributed by atoms with Gasteiger partial charge in [0.25, 0.3) is 5.91 Å². The molecule has 82 valence electrons. The zero-order valence-electron chi connectivity index (χ0n) is 8.60. The molecular weight excluding hydrogens is 208 g/mol. The standard InChI is InChI=1S/C10H10N4O2/c1-6-5-16-10(13-6)14-9(15)7-3-2-4-12-8(7)11/h2-5H,1H3,(H2,11,12)(H,13,14,15). The van der Waals surface area contributed by atoms with E-state index in [1.807, 2.05) is 0 Å². The number of hydrogen-bond donors (Lipinski definition) is 2. The Morgan fingerprint density at radius 2 is 2.38 bits per heavy atom. The second kappa shape index (κ2) is 4.01. The Morgan fingerprint density at radius 1 is 1.56 bits per heavy atom. The quantitative estimate of drug-likeness (QED) is 0.790. The van der Waals surface area contributed by atoms with Gasteiger partial charge in [0, 0.05) is 6.20 Å². The average Bonchev–Trinajstić information content (AvgIpc) is 2.64. The number of carbonyl (C=O) groups excluding carboxylic acids is 1. The van der Waals surface area contributed by atoms with Crippen LogP contribution in [-0.2, 0) is 0 Å². The van der Waals surface area contributed by atoms with Crippen molar-refractivity contribution in [1.82, 2.24) is 9.97 Å². The van der Waals surface area contributed by atoms with E-state index in [1.54, 1.807) is 19.1 Å². The van der Waals surface area contributed by atoms with Crippen molar-refractivity contribution in [1.29, 1.82) is 0 Å². The summed E-state index contributed by atoms with van der Waals surface area (Å²) in [5.41, 5.74) is 6.54. The first kappa shape index (κ1) is 10.2. The number of hydrogen-bond acceptors (Lipinski definition) is 5. The van der Waals surface area contributed by atoms with E-state index in [2.05, 4.69) is 15.3 Å². The van der Waals surface area contributed by atoms with Gasteiger partial charge in [0.05, 0.1) is 11.3 Å². The fourth-order valence-corrected chi connectivity index (χ4v) is 1.19. The smallest absolute Gasteiger partial charge is 0.301 e. The molecule has 3 N–H and O–H groups in total. The van der Waals surface area contributed by atoms with Crippen molar-refractivity contribution in [3.8, 4) is 0 Å². The third-order valence-electron chi connectivity index (χ3n) is 1.92. The summed E-state index contributed by atoms with van der Waals surface area (Å²) in [4.78, 5) is 19.5. The molecule has 2 rings (SSSR count). The van der Waals surface area contributed by atoms with Gasteiger partial charge in [-0.1, -0.05) is 0 Å². The largest absolute Gasteiger partial charge is 0.432 e. The third kappa shape index (κ3) is 2.00. The number of amides is 1. The maximum Gasteiger partial charge on any atom is 0.301 e. The molecule has 0 saturated heterocycles. The van der Waals surface area contributed by atoms with E-state index in [4.69, 9.17) is 10.2 Å². The van der Waals surface area contributed by atoms with Gasteiger partial charge < -0.3 is 10.2 Å². The van der Waals surface area contributed by atoms with Crippen LogP contribution in [0.3, 0.4) is 0 Å². The molecule has 0 unspecified atom stereocenters. The Labute approximate surface area is 91.5 Å². The average molecular weight is 218 g/mol. The van der Waals surface area contributed by atoms with Crippen LogP contribution in [-0.4, -0.2) is 15.9 Å². The van der Waals surface area contributed by atoms with Crippen LogP contribution in [0.4, 0.5) is 11.8 Å². The van der Waals surface area contributed by atoms with Gasteiger partial charge in [-0.05, 0) is 19.1 Å². The number of nitrogens with one attached hydrogen (secondary N) is 1. The van der Waals surface area contributed by atoms with Gasteiger partial charge in [-0.3, -0.25) is 10.1 Å². The molecule has 6 heteroatoms. The Hall–Kier alpha value is -2.37. The lowest BCUT2D eigenvalue weighted by Crippen LogP contribution is -2.14. The van der Waals surface area contributed by atoms with Crippen LogP contribution in [0.15, 0.2) is 29.0 Å². The van der Waals surface area contributed by atoms with Crippen molar-refractivity contribution < 1.29 is 9.21 Å². The zero-order valence-corrected chi connectivity index (χ0v) is 8.60. The first-order chi connectivity index (χ1) is 7.66. The van der Waals surface area contributed by atoms with Crippen molar-refractivity contribution in [3.63, 3.8) is 0 Å². The summed E-state index contributed by atoms with van der Waals surface area (Å²) in [6, 6.07) is 3.35. The highest BCUT2D eigenvalue weighted by Crippen LogP contribution is 2.11. The molecule has 1 amide bonds. The SMILES string of the molecule is Cc1coc(NC(=O)c2cccnc2N)n1. The van der Waals surface area contributed by atoms with Gasteiger partial charge in [-0.2, -0.15) is 4.98 Å². The zero-order chi connectivity index (χ0) is 11.5. The number of oxazole rings is 1. The predicted octanol–water partition coefficient (Wildman–Crippen LogP) is 1.21. The van der Waals surface area contributed by atoms with E-state index in [9.17, 15) is 4.79 Å². The molecule has 0 saturated carbocycles. The van der Waals surface area contributed by atoms with Crippen LogP contribution in [0.25, 0.3) is 0 Å². The molecule has 2 heterocycles. The van der Waals surface area contributed by atoms with Crippen LogP contribution in [0.2, 0.25) is 0 Å². The van der Waals surface area contributed by atoms with E-state index < -0.39 is 5.91 Å². The Bertz CT molecular complexity index is 521. The van der Waals surface area contributed by atoms with E-state index in [0.717, 1.165) is 0 Å². The number of nitrogen functional groups attached to an aromatic ring is 1. The molecule has 2 aromatic heterocycles. The summed E-state index contributed by atoms with van der Waals surface area (Å²) in [5.74, 6) is -0.226. The normalized spacial score (nSPS) is 10.1. The second-order valence-corrected chi connectivity index (χ2v) is 3.18. The van der Waals surface area contributed by atoms with E-state index in [0.29, 0.717) is 11.3 Å². The minimum atomic E-state index is -0.396. The number of rotatable bonds is 2. The third-order valence-corrected chi connectivity index (χ3v) is 1.92. The van der Waals surface area contributed by atoms with Crippen molar-refractivity contribution in [2.45, 2.75) is 6.92 Å². The minimum absolute atomic E-state index is 0.144. The number of pyridine rings is 1. The van der Waals surface area contributed by atoms with Crippen molar-refractivity contribution in [2.75, 3.05) is 11.1 Å². The number of nitrogens with zero attached hydrogens (tertiary/aromatic N) is 2.